The molecule has 12 heteroatoms. The van der Waals surface area contributed by atoms with Crippen LogP contribution < -0.4 is 15.4 Å². The fourth-order valence-corrected chi connectivity index (χ4v) is 3.49. The third-order valence-electron chi connectivity index (χ3n) is 3.28. The zero-order chi connectivity index (χ0) is 19.4. The van der Waals surface area contributed by atoms with Crippen molar-refractivity contribution in [2.75, 3.05) is 16.4 Å². The first-order chi connectivity index (χ1) is 12.8. The molecule has 1 aromatic heterocycles. The van der Waals surface area contributed by atoms with Crippen molar-refractivity contribution >= 4 is 45.7 Å². The molecule has 27 heavy (non-hydrogen) atoms. The zero-order valence-corrected chi connectivity index (χ0v) is 15.2. The van der Waals surface area contributed by atoms with Crippen LogP contribution in [0.2, 0.25) is 0 Å². The number of nitrogens with zero attached hydrogens (tertiary/aromatic N) is 2. The number of aromatic nitrogens is 2. The van der Waals surface area contributed by atoms with E-state index in [2.05, 4.69) is 25.6 Å². The lowest BCUT2D eigenvalue weighted by atomic mass is 10.3. The lowest BCUT2D eigenvalue weighted by Gasteiger charge is -2.09. The normalized spacial score (nSPS) is 13.9. The number of carbonyl (C=O) groups excluding carboxylic acids is 2. The van der Waals surface area contributed by atoms with Crippen LogP contribution in [-0.4, -0.2) is 34.1 Å². The molecule has 0 spiro atoms. The van der Waals surface area contributed by atoms with Crippen LogP contribution in [0.4, 0.5) is 24.0 Å². The summed E-state index contributed by atoms with van der Waals surface area (Å²) in [4.78, 5) is 23.6. The molecule has 2 aromatic rings. The molecule has 2 amide bonds. The Morgan fingerprint density at radius 1 is 1.19 bits per heavy atom. The second kappa shape index (κ2) is 8.13. The van der Waals surface area contributed by atoms with E-state index in [-0.39, 0.29) is 29.2 Å². The van der Waals surface area contributed by atoms with E-state index in [1.165, 1.54) is 23.5 Å². The minimum atomic E-state index is -4.76. The van der Waals surface area contributed by atoms with Gasteiger partial charge < -0.3 is 15.4 Å². The number of anilines is 2. The Kier molecular flexibility index (Phi) is 5.85. The topological polar surface area (TPSA) is 93.2 Å². The van der Waals surface area contributed by atoms with E-state index >= 15 is 0 Å². The molecule has 1 saturated carbocycles. The van der Waals surface area contributed by atoms with Gasteiger partial charge in [-0.3, -0.25) is 9.59 Å². The smallest absolute Gasteiger partial charge is 0.406 e. The molecule has 1 aliphatic rings. The van der Waals surface area contributed by atoms with Gasteiger partial charge in [-0.2, -0.15) is 0 Å². The molecular formula is C15H13F3N4O3S2. The van der Waals surface area contributed by atoms with Crippen LogP contribution in [0.5, 0.6) is 5.75 Å². The van der Waals surface area contributed by atoms with E-state index in [0.29, 0.717) is 15.2 Å². The first-order valence-corrected chi connectivity index (χ1v) is 9.51. The Morgan fingerprint density at radius 2 is 1.89 bits per heavy atom. The van der Waals surface area contributed by atoms with Gasteiger partial charge in [0.05, 0.1) is 5.75 Å². The van der Waals surface area contributed by atoms with Crippen LogP contribution in [0.15, 0.2) is 28.6 Å². The Hall–Kier alpha value is -2.34. The summed E-state index contributed by atoms with van der Waals surface area (Å²) in [5.41, 5.74) is 0.338. The molecule has 0 atom stereocenters. The third-order valence-corrected chi connectivity index (χ3v) is 5.26. The van der Waals surface area contributed by atoms with E-state index in [9.17, 15) is 22.8 Å². The van der Waals surface area contributed by atoms with E-state index in [4.69, 9.17) is 0 Å². The highest BCUT2D eigenvalue weighted by Crippen LogP contribution is 2.32. The molecule has 7 nitrogen and oxygen atoms in total. The monoisotopic (exact) mass is 418 g/mol. The summed E-state index contributed by atoms with van der Waals surface area (Å²) in [5.74, 6) is -0.707. The molecule has 144 valence electrons. The third kappa shape index (κ3) is 6.40. The van der Waals surface area contributed by atoms with Crippen LogP contribution in [0, 0.1) is 5.92 Å². The summed E-state index contributed by atoms with van der Waals surface area (Å²) in [5, 5.41) is 13.3. The van der Waals surface area contributed by atoms with Crippen molar-refractivity contribution in [2.45, 2.75) is 23.5 Å². The van der Waals surface area contributed by atoms with Crippen molar-refractivity contribution in [1.29, 1.82) is 0 Å². The molecule has 0 saturated heterocycles. The minimum Gasteiger partial charge on any atom is -0.406 e. The SMILES string of the molecule is O=C(CSc1nnc(NC(=O)C2CC2)s1)Nc1ccc(OC(F)(F)F)cc1. The largest absolute Gasteiger partial charge is 0.573 e. The second-order valence-electron chi connectivity index (χ2n) is 5.55. The predicted octanol–water partition coefficient (Wildman–Crippen LogP) is 3.52. The molecule has 1 aliphatic carbocycles. The molecule has 3 rings (SSSR count). The molecule has 2 N–H and O–H groups in total. The molecule has 0 aliphatic heterocycles. The van der Waals surface area contributed by atoms with Crippen LogP contribution in [-0.2, 0) is 9.59 Å². The molecule has 0 radical (unpaired) electrons. The fraction of sp³-hybridized carbons (Fsp3) is 0.333. The van der Waals surface area contributed by atoms with Crippen molar-refractivity contribution in [3.8, 4) is 5.75 Å². The number of carbonyl (C=O) groups is 2. The summed E-state index contributed by atoms with van der Waals surface area (Å²) >= 11 is 2.31. The van der Waals surface area contributed by atoms with E-state index < -0.39 is 6.36 Å². The maximum absolute atomic E-state index is 12.1. The first-order valence-electron chi connectivity index (χ1n) is 7.71. The van der Waals surface area contributed by atoms with Crippen LogP contribution in [0.3, 0.4) is 0 Å². The molecular weight excluding hydrogens is 405 g/mol. The van der Waals surface area contributed by atoms with Gasteiger partial charge >= 0.3 is 6.36 Å². The second-order valence-corrected chi connectivity index (χ2v) is 7.75. The van der Waals surface area contributed by atoms with Gasteiger partial charge in [0, 0.05) is 11.6 Å². The molecule has 0 unspecified atom stereocenters. The molecule has 0 bridgehead atoms. The number of alkyl halides is 3. The van der Waals surface area contributed by atoms with Crippen molar-refractivity contribution < 1.29 is 27.5 Å². The van der Waals surface area contributed by atoms with E-state index in [0.717, 1.165) is 36.7 Å². The zero-order valence-electron chi connectivity index (χ0n) is 13.6. The number of halogens is 3. The Morgan fingerprint density at radius 3 is 2.52 bits per heavy atom. The molecule has 1 fully saturated rings. The van der Waals surface area contributed by atoms with Gasteiger partial charge in [0.25, 0.3) is 0 Å². The molecule has 1 aromatic carbocycles. The van der Waals surface area contributed by atoms with Gasteiger partial charge in [-0.15, -0.1) is 23.4 Å². The lowest BCUT2D eigenvalue weighted by molar-refractivity contribution is -0.274. The summed E-state index contributed by atoms with van der Waals surface area (Å²) < 4.78 is 40.6. The standard InChI is InChI=1S/C15H13F3N4O3S2/c16-15(17,18)25-10-5-3-9(4-6-10)19-11(23)7-26-14-22-21-13(27-14)20-12(24)8-1-2-8/h3-6,8H,1-2,7H2,(H,19,23)(H,20,21,24). The van der Waals surface area contributed by atoms with Gasteiger partial charge in [-0.25, -0.2) is 0 Å². The van der Waals surface area contributed by atoms with Gasteiger partial charge in [0.2, 0.25) is 16.9 Å². The average molecular weight is 418 g/mol. The highest BCUT2D eigenvalue weighted by atomic mass is 32.2. The molecule has 1 heterocycles. The number of rotatable bonds is 7. The van der Waals surface area contributed by atoms with Gasteiger partial charge in [-0.1, -0.05) is 23.1 Å². The van der Waals surface area contributed by atoms with Gasteiger partial charge in [-0.05, 0) is 37.1 Å². The quantitative estimate of drug-likeness (QED) is 0.528. The number of ether oxygens (including phenoxy) is 1. The van der Waals surface area contributed by atoms with Crippen molar-refractivity contribution in [3.05, 3.63) is 24.3 Å². The fourth-order valence-electron chi connectivity index (χ4n) is 1.94. The van der Waals surface area contributed by atoms with Gasteiger partial charge in [0.15, 0.2) is 4.34 Å². The lowest BCUT2D eigenvalue weighted by Crippen LogP contribution is -2.17. The average Bonchev–Trinajstić information content (AvgIpc) is 3.35. The number of thioether (sulfide) groups is 1. The van der Waals surface area contributed by atoms with Crippen molar-refractivity contribution in [1.82, 2.24) is 10.2 Å². The number of hydrogen-bond donors (Lipinski definition) is 2. The van der Waals surface area contributed by atoms with Crippen LogP contribution >= 0.6 is 23.1 Å². The Labute approximate surface area is 159 Å². The number of nitrogens with one attached hydrogen (secondary N) is 2. The summed E-state index contributed by atoms with van der Waals surface area (Å²) in [6.45, 7) is 0. The first kappa shape index (κ1) is 19.4. The minimum absolute atomic E-state index is 0.0337. The van der Waals surface area contributed by atoms with E-state index in [1.54, 1.807) is 0 Å². The number of hydrogen-bond acceptors (Lipinski definition) is 7. The summed E-state index contributed by atoms with van der Waals surface area (Å²) in [6, 6.07) is 4.83. The highest BCUT2D eigenvalue weighted by molar-refractivity contribution is 8.01. The summed E-state index contributed by atoms with van der Waals surface area (Å²) in [7, 11) is 0. The maximum atomic E-state index is 12.1. The van der Waals surface area contributed by atoms with Crippen LogP contribution in [0.1, 0.15) is 12.8 Å². The van der Waals surface area contributed by atoms with Crippen molar-refractivity contribution in [3.63, 3.8) is 0 Å². The maximum Gasteiger partial charge on any atom is 0.573 e. The Balaban J connectivity index is 1.44. The van der Waals surface area contributed by atoms with Crippen LogP contribution in [0.25, 0.3) is 0 Å². The number of amides is 2. The van der Waals surface area contributed by atoms with E-state index in [1.807, 2.05) is 0 Å². The van der Waals surface area contributed by atoms with Gasteiger partial charge in [0.1, 0.15) is 5.75 Å². The summed E-state index contributed by atoms with van der Waals surface area (Å²) in [6.07, 6.45) is -2.99. The Bertz CT molecular complexity index is 822. The highest BCUT2D eigenvalue weighted by Gasteiger charge is 2.31. The number of benzene rings is 1. The van der Waals surface area contributed by atoms with Crippen molar-refractivity contribution in [2.24, 2.45) is 5.92 Å². The predicted molar refractivity (Wildman–Crippen MR) is 93.7 cm³/mol.